The van der Waals surface area contributed by atoms with Crippen LogP contribution in [0.25, 0.3) is 0 Å². The van der Waals surface area contributed by atoms with Crippen molar-refractivity contribution in [2.75, 3.05) is 5.75 Å². The van der Waals surface area contributed by atoms with Gasteiger partial charge in [0.2, 0.25) is 0 Å². The SMILES string of the molecule is Cc1ccnn1CCS(=O)(=O)c1cccc(C(=N)N)c1. The Morgan fingerprint density at radius 1 is 1.40 bits per heavy atom. The van der Waals surface area contributed by atoms with Crippen LogP contribution in [0.15, 0.2) is 41.4 Å². The Labute approximate surface area is 117 Å². The van der Waals surface area contributed by atoms with E-state index in [4.69, 9.17) is 11.1 Å². The largest absolute Gasteiger partial charge is 0.384 e. The molecule has 0 aliphatic heterocycles. The normalized spacial score (nSPS) is 11.4. The van der Waals surface area contributed by atoms with Crippen LogP contribution in [0.3, 0.4) is 0 Å². The molecule has 20 heavy (non-hydrogen) atoms. The van der Waals surface area contributed by atoms with Crippen LogP contribution in [0.5, 0.6) is 0 Å². The molecule has 1 aromatic heterocycles. The topological polar surface area (TPSA) is 102 Å². The van der Waals surface area contributed by atoms with Gasteiger partial charge in [0.15, 0.2) is 9.84 Å². The first-order valence-electron chi connectivity index (χ1n) is 6.06. The van der Waals surface area contributed by atoms with E-state index in [1.807, 2.05) is 13.0 Å². The summed E-state index contributed by atoms with van der Waals surface area (Å²) < 4.78 is 26.2. The van der Waals surface area contributed by atoms with Crippen molar-refractivity contribution in [2.45, 2.75) is 18.4 Å². The second-order valence-corrected chi connectivity index (χ2v) is 6.57. The molecule has 7 heteroatoms. The van der Waals surface area contributed by atoms with E-state index in [2.05, 4.69) is 5.10 Å². The number of rotatable bonds is 5. The van der Waals surface area contributed by atoms with E-state index in [1.165, 1.54) is 12.1 Å². The Kier molecular flexibility index (Phi) is 3.89. The Bertz CT molecular complexity index is 734. The van der Waals surface area contributed by atoms with Crippen LogP contribution in [0.2, 0.25) is 0 Å². The van der Waals surface area contributed by atoms with Gasteiger partial charge in [-0.2, -0.15) is 5.10 Å². The van der Waals surface area contributed by atoms with Gasteiger partial charge in [0.05, 0.1) is 17.2 Å². The number of hydrogen-bond acceptors (Lipinski definition) is 4. The molecule has 0 spiro atoms. The number of benzene rings is 1. The summed E-state index contributed by atoms with van der Waals surface area (Å²) in [6, 6.07) is 7.95. The van der Waals surface area contributed by atoms with Gasteiger partial charge in [0.25, 0.3) is 0 Å². The third-order valence-corrected chi connectivity index (χ3v) is 4.70. The molecule has 0 bridgehead atoms. The van der Waals surface area contributed by atoms with Gasteiger partial charge in [-0.05, 0) is 25.1 Å². The number of hydrogen-bond donors (Lipinski definition) is 2. The van der Waals surface area contributed by atoms with Crippen molar-refractivity contribution in [1.82, 2.24) is 9.78 Å². The van der Waals surface area contributed by atoms with Gasteiger partial charge >= 0.3 is 0 Å². The Morgan fingerprint density at radius 3 is 2.75 bits per heavy atom. The molecule has 0 amide bonds. The van der Waals surface area contributed by atoms with Gasteiger partial charge in [0, 0.05) is 17.5 Å². The maximum absolute atomic E-state index is 12.3. The molecule has 0 radical (unpaired) electrons. The van der Waals surface area contributed by atoms with E-state index in [9.17, 15) is 8.42 Å². The molecular weight excluding hydrogens is 276 g/mol. The molecule has 0 saturated carbocycles. The first-order chi connectivity index (χ1) is 9.40. The van der Waals surface area contributed by atoms with Gasteiger partial charge in [-0.25, -0.2) is 8.42 Å². The summed E-state index contributed by atoms with van der Waals surface area (Å²) >= 11 is 0. The van der Waals surface area contributed by atoms with E-state index in [-0.39, 0.29) is 16.5 Å². The average molecular weight is 292 g/mol. The number of nitrogens with zero attached hydrogens (tertiary/aromatic N) is 2. The van der Waals surface area contributed by atoms with Crippen molar-refractivity contribution in [3.8, 4) is 0 Å². The quantitative estimate of drug-likeness (QED) is 0.632. The molecule has 1 heterocycles. The van der Waals surface area contributed by atoms with E-state index in [0.717, 1.165) is 5.69 Å². The van der Waals surface area contributed by atoms with Crippen LogP contribution in [-0.4, -0.2) is 29.8 Å². The number of aromatic nitrogens is 2. The van der Waals surface area contributed by atoms with Crippen LogP contribution in [0.1, 0.15) is 11.3 Å². The maximum atomic E-state index is 12.3. The minimum atomic E-state index is -3.42. The average Bonchev–Trinajstić information content (AvgIpc) is 2.82. The van der Waals surface area contributed by atoms with Crippen molar-refractivity contribution >= 4 is 15.7 Å². The first kappa shape index (κ1) is 14.3. The summed E-state index contributed by atoms with van der Waals surface area (Å²) in [5.41, 5.74) is 6.69. The van der Waals surface area contributed by atoms with Gasteiger partial charge < -0.3 is 5.73 Å². The molecule has 0 aliphatic carbocycles. The van der Waals surface area contributed by atoms with Crippen LogP contribution < -0.4 is 5.73 Å². The third kappa shape index (κ3) is 3.05. The molecule has 1 aromatic carbocycles. The number of nitrogens with two attached hydrogens (primary N) is 1. The summed E-state index contributed by atoms with van der Waals surface area (Å²) in [4.78, 5) is 0.176. The number of amidine groups is 1. The highest BCUT2D eigenvalue weighted by atomic mass is 32.2. The molecule has 0 unspecified atom stereocenters. The lowest BCUT2D eigenvalue weighted by molar-refractivity contribution is 0.577. The molecule has 3 N–H and O–H groups in total. The molecule has 0 atom stereocenters. The van der Waals surface area contributed by atoms with E-state index in [0.29, 0.717) is 12.1 Å². The summed E-state index contributed by atoms with van der Waals surface area (Å²) in [5, 5.41) is 11.4. The van der Waals surface area contributed by atoms with Crippen LogP contribution >= 0.6 is 0 Å². The zero-order valence-electron chi connectivity index (χ0n) is 11.1. The fourth-order valence-electron chi connectivity index (χ4n) is 1.81. The lowest BCUT2D eigenvalue weighted by Gasteiger charge is -2.07. The molecule has 0 fully saturated rings. The van der Waals surface area contributed by atoms with Crippen molar-refractivity contribution in [3.05, 3.63) is 47.8 Å². The van der Waals surface area contributed by atoms with Crippen molar-refractivity contribution in [2.24, 2.45) is 5.73 Å². The Balaban J connectivity index is 2.20. The number of sulfone groups is 1. The minimum absolute atomic E-state index is 0.0448. The molecule has 0 aliphatic rings. The predicted octanol–water partition coefficient (Wildman–Crippen LogP) is 0.949. The number of nitrogens with one attached hydrogen (secondary N) is 1. The number of nitrogen functional groups attached to an aromatic ring is 1. The zero-order valence-corrected chi connectivity index (χ0v) is 11.9. The van der Waals surface area contributed by atoms with Gasteiger partial charge in [-0.15, -0.1) is 0 Å². The third-order valence-electron chi connectivity index (χ3n) is 3.00. The highest BCUT2D eigenvalue weighted by Crippen LogP contribution is 2.14. The smallest absolute Gasteiger partial charge is 0.180 e. The van der Waals surface area contributed by atoms with E-state index >= 15 is 0 Å². The fraction of sp³-hybridized carbons (Fsp3) is 0.231. The summed E-state index contributed by atoms with van der Waals surface area (Å²) in [6.07, 6.45) is 1.64. The number of aryl methyl sites for hydroxylation is 2. The molecule has 6 nitrogen and oxygen atoms in total. The highest BCUT2D eigenvalue weighted by molar-refractivity contribution is 7.91. The maximum Gasteiger partial charge on any atom is 0.180 e. The highest BCUT2D eigenvalue weighted by Gasteiger charge is 2.16. The summed E-state index contributed by atoms with van der Waals surface area (Å²) in [6.45, 7) is 2.17. The summed E-state index contributed by atoms with van der Waals surface area (Å²) in [7, 11) is -3.42. The second-order valence-electron chi connectivity index (χ2n) is 4.46. The van der Waals surface area contributed by atoms with Gasteiger partial charge in [0.1, 0.15) is 5.84 Å². The van der Waals surface area contributed by atoms with Crippen molar-refractivity contribution < 1.29 is 8.42 Å². The van der Waals surface area contributed by atoms with E-state index in [1.54, 1.807) is 23.0 Å². The molecule has 0 saturated heterocycles. The van der Waals surface area contributed by atoms with Crippen molar-refractivity contribution in [1.29, 1.82) is 5.41 Å². The van der Waals surface area contributed by atoms with E-state index < -0.39 is 9.84 Å². The zero-order chi connectivity index (χ0) is 14.8. The monoisotopic (exact) mass is 292 g/mol. The molecule has 2 aromatic rings. The first-order valence-corrected chi connectivity index (χ1v) is 7.71. The lowest BCUT2D eigenvalue weighted by atomic mass is 10.2. The van der Waals surface area contributed by atoms with Crippen LogP contribution in [0, 0.1) is 12.3 Å². The molecular formula is C13H16N4O2S. The van der Waals surface area contributed by atoms with Crippen molar-refractivity contribution in [3.63, 3.8) is 0 Å². The molecule has 106 valence electrons. The Morgan fingerprint density at radius 2 is 2.15 bits per heavy atom. The minimum Gasteiger partial charge on any atom is -0.384 e. The lowest BCUT2D eigenvalue weighted by Crippen LogP contribution is -2.16. The van der Waals surface area contributed by atoms with Crippen LogP contribution in [-0.2, 0) is 16.4 Å². The standard InChI is InChI=1S/C13H16N4O2S/c1-10-5-6-16-17(10)7-8-20(18,19)12-4-2-3-11(9-12)13(14)15/h2-6,9H,7-8H2,1H3,(H3,14,15). The van der Waals surface area contributed by atoms with Crippen LogP contribution in [0.4, 0.5) is 0 Å². The second kappa shape index (κ2) is 5.46. The fourth-order valence-corrected chi connectivity index (χ4v) is 3.06. The Hall–Kier alpha value is -2.15. The van der Waals surface area contributed by atoms with Gasteiger partial charge in [-0.1, -0.05) is 12.1 Å². The van der Waals surface area contributed by atoms with Gasteiger partial charge in [-0.3, -0.25) is 10.1 Å². The summed E-state index contributed by atoms with van der Waals surface area (Å²) in [5.74, 6) is -0.193. The predicted molar refractivity (Wildman–Crippen MR) is 76.5 cm³/mol. The molecule has 2 rings (SSSR count).